The van der Waals surface area contributed by atoms with Crippen molar-refractivity contribution in [3.05, 3.63) is 59.2 Å². The Labute approximate surface area is 207 Å². The van der Waals surface area contributed by atoms with Crippen LogP contribution in [0.4, 0.5) is 0 Å². The molecule has 2 aromatic rings. The van der Waals surface area contributed by atoms with Crippen molar-refractivity contribution in [1.82, 2.24) is 13.9 Å². The summed E-state index contributed by atoms with van der Waals surface area (Å²) in [6.07, 6.45) is 2.62. The van der Waals surface area contributed by atoms with E-state index in [-0.39, 0.29) is 29.5 Å². The quantitative estimate of drug-likeness (QED) is 0.505. The summed E-state index contributed by atoms with van der Waals surface area (Å²) in [5, 5.41) is 2.72. The van der Waals surface area contributed by atoms with Gasteiger partial charge in [-0.05, 0) is 73.2 Å². The molecule has 11 heteroatoms. The van der Waals surface area contributed by atoms with Crippen molar-refractivity contribution in [3.63, 3.8) is 0 Å². The number of amides is 1. The Morgan fingerprint density at radius 1 is 0.943 bits per heavy atom. The van der Waals surface area contributed by atoms with E-state index in [9.17, 15) is 21.6 Å². The number of hydrogen-bond acceptors (Lipinski definition) is 6. The van der Waals surface area contributed by atoms with E-state index in [1.165, 1.54) is 32.9 Å². The first kappa shape index (κ1) is 25.6. The van der Waals surface area contributed by atoms with Crippen molar-refractivity contribution in [2.75, 3.05) is 39.0 Å². The Morgan fingerprint density at radius 2 is 1.66 bits per heavy atom. The SMILES string of the molecule is COc1ccc2c(c1)CCN(S(=O)(=O)CCCNC(=O)c1ccc(S(=O)(=O)N3CCCC3)cc1)C2. The normalized spacial score (nSPS) is 17.2. The summed E-state index contributed by atoms with van der Waals surface area (Å²) in [5.74, 6) is 0.332. The van der Waals surface area contributed by atoms with Crippen molar-refractivity contribution in [2.45, 2.75) is 37.1 Å². The Balaban J connectivity index is 1.26. The predicted molar refractivity (Wildman–Crippen MR) is 132 cm³/mol. The van der Waals surface area contributed by atoms with Gasteiger partial charge in [0.2, 0.25) is 20.0 Å². The molecule has 2 aliphatic heterocycles. The van der Waals surface area contributed by atoms with Gasteiger partial charge >= 0.3 is 0 Å². The zero-order chi connectivity index (χ0) is 25.1. The average Bonchev–Trinajstić information content (AvgIpc) is 3.42. The number of carbonyl (C=O) groups excluding carboxylic acids is 1. The number of benzene rings is 2. The molecule has 1 amide bonds. The lowest BCUT2D eigenvalue weighted by Crippen LogP contribution is -2.38. The topological polar surface area (TPSA) is 113 Å². The minimum atomic E-state index is -3.53. The highest BCUT2D eigenvalue weighted by atomic mass is 32.2. The Kier molecular flexibility index (Phi) is 7.80. The van der Waals surface area contributed by atoms with Gasteiger partial charge < -0.3 is 10.1 Å². The molecule has 2 heterocycles. The summed E-state index contributed by atoms with van der Waals surface area (Å²) in [6, 6.07) is 11.5. The third kappa shape index (κ3) is 5.85. The number of ether oxygens (including phenoxy) is 1. The van der Waals surface area contributed by atoms with Gasteiger partial charge in [-0.25, -0.2) is 16.8 Å². The molecule has 0 aliphatic carbocycles. The van der Waals surface area contributed by atoms with Crippen LogP contribution in [0.1, 0.15) is 40.7 Å². The van der Waals surface area contributed by atoms with E-state index in [2.05, 4.69) is 5.32 Å². The molecule has 0 saturated carbocycles. The second kappa shape index (κ2) is 10.7. The number of carbonyl (C=O) groups is 1. The smallest absolute Gasteiger partial charge is 0.251 e. The van der Waals surface area contributed by atoms with Gasteiger partial charge in [-0.2, -0.15) is 8.61 Å². The van der Waals surface area contributed by atoms with Gasteiger partial charge in [0.05, 0.1) is 17.8 Å². The summed E-state index contributed by atoms with van der Waals surface area (Å²) < 4.78 is 59.0. The molecule has 2 aromatic carbocycles. The van der Waals surface area contributed by atoms with E-state index >= 15 is 0 Å². The van der Waals surface area contributed by atoms with Crippen molar-refractivity contribution < 1.29 is 26.4 Å². The van der Waals surface area contributed by atoms with Gasteiger partial charge in [-0.1, -0.05) is 6.07 Å². The summed E-state index contributed by atoms with van der Waals surface area (Å²) in [4.78, 5) is 12.6. The summed E-state index contributed by atoms with van der Waals surface area (Å²) in [5.41, 5.74) is 2.41. The lowest BCUT2D eigenvalue weighted by molar-refractivity contribution is 0.0953. The fourth-order valence-corrected chi connectivity index (χ4v) is 7.40. The third-order valence-corrected chi connectivity index (χ3v) is 10.3. The number of nitrogens with zero attached hydrogens (tertiary/aromatic N) is 2. The maximum Gasteiger partial charge on any atom is 0.251 e. The van der Waals surface area contributed by atoms with Crippen LogP contribution < -0.4 is 10.1 Å². The number of rotatable bonds is 9. The average molecular weight is 522 g/mol. The van der Waals surface area contributed by atoms with Crippen LogP contribution >= 0.6 is 0 Å². The first-order valence-corrected chi connectivity index (χ1v) is 14.8. The van der Waals surface area contributed by atoms with Crippen LogP contribution in [0, 0.1) is 0 Å². The van der Waals surface area contributed by atoms with E-state index in [0.29, 0.717) is 38.2 Å². The number of fused-ring (bicyclic) bond motifs is 1. The molecule has 0 spiro atoms. The number of methoxy groups -OCH3 is 1. The standard InChI is InChI=1S/C24H31N3O6S2/c1-33-22-8-5-21-18-27(15-11-20(21)17-22)34(29,30)16-4-12-25-24(28)19-6-9-23(10-7-19)35(31,32)26-13-2-3-14-26/h5-10,17H,2-4,11-16,18H2,1H3,(H,25,28). The van der Waals surface area contributed by atoms with Crippen LogP contribution in [0.3, 0.4) is 0 Å². The van der Waals surface area contributed by atoms with E-state index < -0.39 is 20.0 Å². The molecule has 1 N–H and O–H groups in total. The molecule has 0 unspecified atom stereocenters. The molecule has 0 radical (unpaired) electrons. The number of nitrogens with one attached hydrogen (secondary N) is 1. The van der Waals surface area contributed by atoms with Crippen LogP contribution in [0.5, 0.6) is 5.75 Å². The highest BCUT2D eigenvalue weighted by molar-refractivity contribution is 7.89. The van der Waals surface area contributed by atoms with Crippen molar-refractivity contribution in [1.29, 1.82) is 0 Å². The van der Waals surface area contributed by atoms with Gasteiger partial charge in [-0.3, -0.25) is 4.79 Å². The molecular weight excluding hydrogens is 490 g/mol. The van der Waals surface area contributed by atoms with Crippen molar-refractivity contribution >= 4 is 26.0 Å². The molecular formula is C24H31N3O6S2. The maximum atomic E-state index is 12.8. The first-order chi connectivity index (χ1) is 16.7. The molecule has 0 atom stereocenters. The van der Waals surface area contributed by atoms with Crippen molar-refractivity contribution in [3.8, 4) is 5.75 Å². The Morgan fingerprint density at radius 3 is 2.34 bits per heavy atom. The summed E-state index contributed by atoms with van der Waals surface area (Å²) in [6.45, 7) is 1.99. The minimum Gasteiger partial charge on any atom is -0.497 e. The molecule has 35 heavy (non-hydrogen) atoms. The van der Waals surface area contributed by atoms with Gasteiger partial charge in [0, 0.05) is 38.3 Å². The van der Waals surface area contributed by atoms with Crippen LogP contribution in [0.25, 0.3) is 0 Å². The largest absolute Gasteiger partial charge is 0.497 e. The molecule has 9 nitrogen and oxygen atoms in total. The fourth-order valence-electron chi connectivity index (χ4n) is 4.41. The Hall–Kier alpha value is -2.47. The van der Waals surface area contributed by atoms with Crippen LogP contribution in [-0.4, -0.2) is 70.4 Å². The Bertz CT molecular complexity index is 1270. The lowest BCUT2D eigenvalue weighted by atomic mass is 10.0. The molecule has 190 valence electrons. The van der Waals surface area contributed by atoms with E-state index in [1.807, 2.05) is 18.2 Å². The minimum absolute atomic E-state index is 0.0637. The van der Waals surface area contributed by atoms with Gasteiger partial charge in [-0.15, -0.1) is 0 Å². The van der Waals surface area contributed by atoms with E-state index in [4.69, 9.17) is 4.74 Å². The lowest BCUT2D eigenvalue weighted by Gasteiger charge is -2.28. The van der Waals surface area contributed by atoms with Crippen LogP contribution in [-0.2, 0) is 33.0 Å². The second-order valence-electron chi connectivity index (χ2n) is 8.78. The fraction of sp³-hybridized carbons (Fsp3) is 0.458. The number of hydrogen-bond donors (Lipinski definition) is 1. The zero-order valence-corrected chi connectivity index (χ0v) is 21.4. The molecule has 1 fully saturated rings. The molecule has 0 aromatic heterocycles. The van der Waals surface area contributed by atoms with Gasteiger partial charge in [0.15, 0.2) is 0 Å². The third-order valence-electron chi connectivity index (χ3n) is 6.47. The zero-order valence-electron chi connectivity index (χ0n) is 19.8. The molecule has 1 saturated heterocycles. The second-order valence-corrected chi connectivity index (χ2v) is 12.8. The predicted octanol–water partition coefficient (Wildman–Crippen LogP) is 1.99. The summed E-state index contributed by atoms with van der Waals surface area (Å²) in [7, 11) is -5.38. The number of sulfonamides is 2. The monoisotopic (exact) mass is 521 g/mol. The maximum absolute atomic E-state index is 12.8. The highest BCUT2D eigenvalue weighted by Crippen LogP contribution is 2.25. The van der Waals surface area contributed by atoms with Gasteiger partial charge in [0.25, 0.3) is 5.91 Å². The van der Waals surface area contributed by atoms with E-state index in [1.54, 1.807) is 7.11 Å². The summed E-state index contributed by atoms with van der Waals surface area (Å²) >= 11 is 0. The first-order valence-electron chi connectivity index (χ1n) is 11.7. The molecule has 2 aliphatic rings. The molecule has 0 bridgehead atoms. The van der Waals surface area contributed by atoms with Crippen LogP contribution in [0.15, 0.2) is 47.4 Å². The highest BCUT2D eigenvalue weighted by Gasteiger charge is 2.28. The van der Waals surface area contributed by atoms with Gasteiger partial charge in [0.1, 0.15) is 5.75 Å². The molecule has 4 rings (SSSR count). The van der Waals surface area contributed by atoms with Crippen LogP contribution in [0.2, 0.25) is 0 Å². The van der Waals surface area contributed by atoms with Crippen molar-refractivity contribution in [2.24, 2.45) is 0 Å². The van der Waals surface area contributed by atoms with E-state index in [0.717, 1.165) is 29.7 Å².